The minimum Gasteiger partial charge on any atom is -0.507 e. The lowest BCUT2D eigenvalue weighted by atomic mass is 9.70. The second-order valence-electron chi connectivity index (χ2n) is 13.9. The minimum absolute atomic E-state index is 0.0690. The predicted octanol–water partition coefficient (Wildman–Crippen LogP) is 10.9. The van der Waals surface area contributed by atoms with Gasteiger partial charge in [-0.15, -0.1) is 0 Å². The van der Waals surface area contributed by atoms with Crippen LogP contribution in [0.4, 0.5) is 0 Å². The Morgan fingerprint density at radius 2 is 0.912 bits per heavy atom. The maximum absolute atomic E-state index is 11.4. The van der Waals surface area contributed by atoms with E-state index in [2.05, 4.69) is 75.3 Å². The maximum Gasteiger partial charge on any atom is 0.123 e. The number of rotatable bonds is 14. The summed E-state index contributed by atoms with van der Waals surface area (Å²) in [6, 6.07) is 2.32. The number of hydrogen-bond donors (Lipinski definition) is 1. The molecule has 0 radical (unpaired) electrons. The first-order valence-corrected chi connectivity index (χ1v) is 14.6. The minimum atomic E-state index is -0.0722. The van der Waals surface area contributed by atoms with E-state index in [0.717, 1.165) is 12.0 Å². The molecular weight excluding hydrogens is 412 g/mol. The molecule has 1 heteroatoms. The van der Waals surface area contributed by atoms with Crippen LogP contribution in [0.5, 0.6) is 5.75 Å². The molecule has 1 nitrogen and oxygen atoms in total. The fourth-order valence-corrected chi connectivity index (χ4v) is 5.34. The molecule has 0 saturated heterocycles. The summed E-state index contributed by atoms with van der Waals surface area (Å²) in [4.78, 5) is 0. The van der Waals surface area contributed by atoms with Crippen molar-refractivity contribution in [2.75, 3.05) is 0 Å². The van der Waals surface area contributed by atoms with Gasteiger partial charge in [0.2, 0.25) is 0 Å². The van der Waals surface area contributed by atoms with Gasteiger partial charge in [-0.05, 0) is 45.8 Å². The highest BCUT2D eigenvalue weighted by molar-refractivity contribution is 5.56. The van der Waals surface area contributed by atoms with Gasteiger partial charge in [0.15, 0.2) is 0 Å². The number of phenolic OH excluding ortho intramolecular Hbond substituents is 1. The molecule has 0 aliphatic heterocycles. The molecule has 0 unspecified atom stereocenters. The van der Waals surface area contributed by atoms with E-state index in [9.17, 15) is 5.11 Å². The third kappa shape index (κ3) is 10.3. The van der Waals surface area contributed by atoms with Crippen LogP contribution < -0.4 is 0 Å². The summed E-state index contributed by atoms with van der Waals surface area (Å²) in [7, 11) is 0. The van der Waals surface area contributed by atoms with E-state index in [1.54, 1.807) is 0 Å². The van der Waals surface area contributed by atoms with Crippen molar-refractivity contribution in [3.8, 4) is 5.75 Å². The molecule has 0 bridgehead atoms. The van der Waals surface area contributed by atoms with E-state index in [1.165, 1.54) is 100 Å². The van der Waals surface area contributed by atoms with Crippen molar-refractivity contribution >= 4 is 0 Å². The van der Waals surface area contributed by atoms with Gasteiger partial charge in [-0.3, -0.25) is 0 Å². The molecule has 1 rings (SSSR count). The van der Waals surface area contributed by atoms with Gasteiger partial charge in [0.05, 0.1) is 0 Å². The topological polar surface area (TPSA) is 20.2 Å². The largest absolute Gasteiger partial charge is 0.507 e. The molecule has 1 N–H and O–H groups in total. The number of hydrogen-bond acceptors (Lipinski definition) is 1. The molecule has 34 heavy (non-hydrogen) atoms. The predicted molar refractivity (Wildman–Crippen MR) is 154 cm³/mol. The van der Waals surface area contributed by atoms with Gasteiger partial charge < -0.3 is 5.11 Å². The third-order valence-corrected chi connectivity index (χ3v) is 7.30. The van der Waals surface area contributed by atoms with E-state index in [-0.39, 0.29) is 16.2 Å². The van der Waals surface area contributed by atoms with Crippen LogP contribution in [-0.4, -0.2) is 5.11 Å². The molecule has 1 aromatic carbocycles. The van der Waals surface area contributed by atoms with E-state index in [1.807, 2.05) is 0 Å². The van der Waals surface area contributed by atoms with Crippen molar-refractivity contribution in [3.63, 3.8) is 0 Å². The molecule has 0 saturated carbocycles. The van der Waals surface area contributed by atoms with Crippen LogP contribution in [-0.2, 0) is 22.7 Å². The molecule has 0 heterocycles. The van der Waals surface area contributed by atoms with Crippen LogP contribution in [0.2, 0.25) is 0 Å². The Hall–Kier alpha value is -0.980. The van der Waals surface area contributed by atoms with Crippen molar-refractivity contribution in [2.45, 2.75) is 175 Å². The Balaban J connectivity index is 2.71. The van der Waals surface area contributed by atoms with Crippen molar-refractivity contribution in [3.05, 3.63) is 28.3 Å². The van der Waals surface area contributed by atoms with Gasteiger partial charge in [0.25, 0.3) is 0 Å². The quantitative estimate of drug-likeness (QED) is 0.267. The Morgan fingerprint density at radius 1 is 0.529 bits per heavy atom. The fourth-order valence-electron chi connectivity index (χ4n) is 5.34. The van der Waals surface area contributed by atoms with Gasteiger partial charge in [0, 0.05) is 5.56 Å². The molecule has 0 aliphatic rings. The summed E-state index contributed by atoms with van der Waals surface area (Å²) in [5, 5.41) is 11.4. The molecule has 198 valence electrons. The van der Waals surface area contributed by atoms with Crippen molar-refractivity contribution in [1.82, 2.24) is 0 Å². The van der Waals surface area contributed by atoms with E-state index in [4.69, 9.17) is 0 Å². The molecule has 0 amide bonds. The summed E-state index contributed by atoms with van der Waals surface area (Å²) < 4.78 is 0. The zero-order valence-corrected chi connectivity index (χ0v) is 24.9. The zero-order valence-electron chi connectivity index (χ0n) is 24.9. The van der Waals surface area contributed by atoms with E-state index < -0.39 is 0 Å². The van der Waals surface area contributed by atoms with Gasteiger partial charge in [-0.1, -0.05) is 152 Å². The number of phenols is 1. The van der Waals surface area contributed by atoms with Gasteiger partial charge in [-0.25, -0.2) is 0 Å². The van der Waals surface area contributed by atoms with Crippen molar-refractivity contribution in [1.29, 1.82) is 0 Å². The maximum atomic E-state index is 11.4. The number of benzene rings is 1. The molecule has 0 atom stereocenters. The fraction of sp³-hybridized carbons (Fsp3) is 0.818. The van der Waals surface area contributed by atoms with Crippen LogP contribution >= 0.6 is 0 Å². The van der Waals surface area contributed by atoms with Crippen LogP contribution in [0.1, 0.15) is 175 Å². The highest BCUT2D eigenvalue weighted by Crippen LogP contribution is 2.45. The van der Waals surface area contributed by atoms with Crippen LogP contribution in [0.15, 0.2) is 6.07 Å². The van der Waals surface area contributed by atoms with Gasteiger partial charge >= 0.3 is 0 Å². The standard InChI is InChI=1S/C33H60O/c1-11-12-13-14-15-16-17-18-19-20-21-22-23-24-26-27(31(2,3)4)25-28(32(5,6)7)30(34)29(26)33(8,9)10/h25,34H,11-24H2,1-10H3. The Labute approximate surface area is 214 Å². The molecular formula is C33H60O. The second-order valence-corrected chi connectivity index (χ2v) is 13.9. The van der Waals surface area contributed by atoms with E-state index in [0.29, 0.717) is 5.75 Å². The molecule has 0 fully saturated rings. The third-order valence-electron chi connectivity index (χ3n) is 7.30. The monoisotopic (exact) mass is 472 g/mol. The molecule has 1 aromatic rings. The highest BCUT2D eigenvalue weighted by atomic mass is 16.3. The summed E-state index contributed by atoms with van der Waals surface area (Å²) in [5.74, 6) is 0.540. The Kier molecular flexibility index (Phi) is 12.7. The highest BCUT2D eigenvalue weighted by Gasteiger charge is 2.32. The first kappa shape index (κ1) is 31.1. The average Bonchev–Trinajstić information content (AvgIpc) is 2.68. The lowest BCUT2D eigenvalue weighted by Crippen LogP contribution is -2.25. The summed E-state index contributed by atoms with van der Waals surface area (Å²) >= 11 is 0. The van der Waals surface area contributed by atoms with Crippen molar-refractivity contribution in [2.24, 2.45) is 0 Å². The summed E-state index contributed by atoms with van der Waals surface area (Å²) in [6.07, 6.45) is 19.1. The van der Waals surface area contributed by atoms with Crippen LogP contribution in [0, 0.1) is 0 Å². The van der Waals surface area contributed by atoms with Gasteiger partial charge in [0.1, 0.15) is 5.75 Å². The summed E-state index contributed by atoms with van der Waals surface area (Å²) in [6.45, 7) is 22.7. The number of aromatic hydroxyl groups is 1. The lowest BCUT2D eigenvalue weighted by molar-refractivity contribution is 0.417. The molecule has 0 aromatic heterocycles. The van der Waals surface area contributed by atoms with Crippen molar-refractivity contribution < 1.29 is 5.11 Å². The second kappa shape index (κ2) is 13.9. The first-order valence-electron chi connectivity index (χ1n) is 14.6. The van der Waals surface area contributed by atoms with Gasteiger partial charge in [-0.2, -0.15) is 0 Å². The molecule has 0 spiro atoms. The summed E-state index contributed by atoms with van der Waals surface area (Å²) in [5.41, 5.74) is 5.04. The zero-order chi connectivity index (χ0) is 26.0. The Bertz CT molecular complexity index is 706. The normalized spacial score (nSPS) is 13.0. The Morgan fingerprint density at radius 3 is 1.26 bits per heavy atom. The lowest BCUT2D eigenvalue weighted by Gasteiger charge is -2.35. The van der Waals surface area contributed by atoms with E-state index >= 15 is 0 Å². The average molecular weight is 473 g/mol. The first-order chi connectivity index (χ1) is 15.7. The van der Waals surface area contributed by atoms with Crippen LogP contribution in [0.3, 0.4) is 0 Å². The molecule has 0 aliphatic carbocycles. The SMILES string of the molecule is CCCCCCCCCCCCCCCc1c(C(C)(C)C)cc(C(C)(C)C)c(O)c1C(C)(C)C. The number of unbranched alkanes of at least 4 members (excludes halogenated alkanes) is 12. The van der Waals surface area contributed by atoms with Crippen LogP contribution in [0.25, 0.3) is 0 Å². The smallest absolute Gasteiger partial charge is 0.123 e.